The molecule has 2 heteroatoms. The summed E-state index contributed by atoms with van der Waals surface area (Å²) in [5.41, 5.74) is 5.56. The topological polar surface area (TPSA) is 43.1 Å². The second-order valence-electron chi connectivity index (χ2n) is 5.53. The molecule has 0 aromatic carbocycles. The molecule has 2 bridgehead atoms. The Morgan fingerprint density at radius 1 is 1.40 bits per heavy atom. The number of fused-ring (bicyclic) bond motifs is 2. The van der Waals surface area contributed by atoms with Crippen LogP contribution in [0.5, 0.6) is 0 Å². The highest BCUT2D eigenvalue weighted by Gasteiger charge is 2.50. The van der Waals surface area contributed by atoms with E-state index in [9.17, 15) is 4.79 Å². The monoisotopic (exact) mass is 209 g/mol. The number of rotatable bonds is 2. The third-order valence-corrected chi connectivity index (χ3v) is 4.77. The summed E-state index contributed by atoms with van der Waals surface area (Å²) in [6, 6.07) is 0. The Hall–Kier alpha value is -0.530. The van der Waals surface area contributed by atoms with Gasteiger partial charge in [0.1, 0.15) is 0 Å². The summed E-state index contributed by atoms with van der Waals surface area (Å²) in [7, 11) is 0. The molecule has 0 spiro atoms. The summed E-state index contributed by atoms with van der Waals surface area (Å²) in [6.07, 6.45) is 9.69. The fourth-order valence-corrected chi connectivity index (χ4v) is 3.95. The molecular weight excluding hydrogens is 186 g/mol. The van der Waals surface area contributed by atoms with Gasteiger partial charge in [0.05, 0.1) is 5.41 Å². The molecule has 2 aliphatic carbocycles. The summed E-state index contributed by atoms with van der Waals surface area (Å²) in [6.45, 7) is 2.21. The first-order chi connectivity index (χ1) is 7.19. The van der Waals surface area contributed by atoms with E-state index in [0.717, 1.165) is 25.2 Å². The summed E-state index contributed by atoms with van der Waals surface area (Å²) in [5, 5.41) is 0. The Kier molecular flexibility index (Phi) is 3.03. The molecule has 0 saturated heterocycles. The normalized spacial score (nSPS) is 40.9. The Bertz CT molecular complexity index is 251. The molecule has 0 aromatic heterocycles. The fourth-order valence-electron chi connectivity index (χ4n) is 3.95. The van der Waals surface area contributed by atoms with Crippen LogP contribution < -0.4 is 5.73 Å². The van der Waals surface area contributed by atoms with Gasteiger partial charge in [0, 0.05) is 0 Å². The standard InChI is InChI=1S/C13H23NO/c1-2-11-8-10-6-4-3-5-7-13(11,9-10)12(14)15/h10-11H,2-9H2,1H3,(H2,14,15)/t10?,11?,13-/m1/s1. The Morgan fingerprint density at radius 3 is 2.87 bits per heavy atom. The van der Waals surface area contributed by atoms with Gasteiger partial charge in [0.25, 0.3) is 0 Å². The SMILES string of the molecule is CCC1CC2CCCCC[C@@]1(C(N)=O)C2. The number of amides is 1. The van der Waals surface area contributed by atoms with Crippen molar-refractivity contribution >= 4 is 5.91 Å². The zero-order valence-corrected chi connectivity index (χ0v) is 9.80. The second kappa shape index (κ2) is 4.15. The summed E-state index contributed by atoms with van der Waals surface area (Å²) in [5.74, 6) is 1.33. The molecule has 2 aliphatic rings. The molecule has 0 aromatic rings. The lowest BCUT2D eigenvalue weighted by atomic mass is 9.71. The third-order valence-electron chi connectivity index (χ3n) is 4.77. The van der Waals surface area contributed by atoms with Gasteiger partial charge in [0.15, 0.2) is 0 Å². The first-order valence-corrected chi connectivity index (χ1v) is 6.49. The van der Waals surface area contributed by atoms with Gasteiger partial charge < -0.3 is 5.73 Å². The number of carbonyl (C=O) groups excluding carboxylic acids is 1. The molecule has 1 amide bonds. The second-order valence-corrected chi connectivity index (χ2v) is 5.53. The zero-order chi connectivity index (χ0) is 10.9. The molecule has 2 nitrogen and oxygen atoms in total. The molecule has 3 atom stereocenters. The van der Waals surface area contributed by atoms with E-state index < -0.39 is 0 Å². The number of carbonyl (C=O) groups is 1. The van der Waals surface area contributed by atoms with Crippen molar-refractivity contribution in [2.45, 2.75) is 58.3 Å². The van der Waals surface area contributed by atoms with Crippen molar-refractivity contribution in [1.82, 2.24) is 0 Å². The zero-order valence-electron chi connectivity index (χ0n) is 9.80. The fraction of sp³-hybridized carbons (Fsp3) is 0.923. The maximum Gasteiger partial charge on any atom is 0.223 e. The average molecular weight is 209 g/mol. The summed E-state index contributed by atoms with van der Waals surface area (Å²) >= 11 is 0. The van der Waals surface area contributed by atoms with E-state index in [0.29, 0.717) is 5.92 Å². The minimum atomic E-state index is -0.125. The Balaban J connectivity index is 2.24. The highest BCUT2D eigenvalue weighted by Crippen LogP contribution is 2.53. The quantitative estimate of drug-likeness (QED) is 0.746. The van der Waals surface area contributed by atoms with Gasteiger partial charge in [-0.2, -0.15) is 0 Å². The number of hydrogen-bond donors (Lipinski definition) is 1. The van der Waals surface area contributed by atoms with Crippen LogP contribution in [0.3, 0.4) is 0 Å². The molecule has 2 saturated carbocycles. The lowest BCUT2D eigenvalue weighted by molar-refractivity contribution is -0.130. The first-order valence-electron chi connectivity index (χ1n) is 6.49. The Morgan fingerprint density at radius 2 is 2.20 bits per heavy atom. The molecule has 2 N–H and O–H groups in total. The van der Waals surface area contributed by atoms with Crippen LogP contribution in [0, 0.1) is 17.3 Å². The third kappa shape index (κ3) is 1.79. The lowest BCUT2D eigenvalue weighted by Gasteiger charge is -2.32. The van der Waals surface area contributed by atoms with Gasteiger partial charge in [-0.05, 0) is 31.1 Å². The van der Waals surface area contributed by atoms with E-state index in [1.807, 2.05) is 0 Å². The van der Waals surface area contributed by atoms with Crippen molar-refractivity contribution < 1.29 is 4.79 Å². The van der Waals surface area contributed by atoms with Crippen molar-refractivity contribution in [3.05, 3.63) is 0 Å². The maximum absolute atomic E-state index is 11.8. The summed E-state index contributed by atoms with van der Waals surface area (Å²) < 4.78 is 0. The van der Waals surface area contributed by atoms with Crippen LogP contribution in [-0.2, 0) is 4.79 Å². The number of nitrogens with two attached hydrogens (primary N) is 1. The highest BCUT2D eigenvalue weighted by atomic mass is 16.1. The molecule has 0 radical (unpaired) electrons. The van der Waals surface area contributed by atoms with Crippen LogP contribution in [0.25, 0.3) is 0 Å². The Labute approximate surface area is 92.6 Å². The van der Waals surface area contributed by atoms with Crippen LogP contribution in [0.1, 0.15) is 58.3 Å². The van der Waals surface area contributed by atoms with Gasteiger partial charge in [-0.1, -0.05) is 39.0 Å². The number of hydrogen-bond acceptors (Lipinski definition) is 1. The lowest BCUT2D eigenvalue weighted by Crippen LogP contribution is -2.40. The molecule has 15 heavy (non-hydrogen) atoms. The largest absolute Gasteiger partial charge is 0.369 e. The molecule has 0 aliphatic heterocycles. The van der Waals surface area contributed by atoms with Crippen molar-refractivity contribution in [1.29, 1.82) is 0 Å². The molecule has 2 rings (SSSR count). The average Bonchev–Trinajstić information content (AvgIpc) is 2.55. The minimum absolute atomic E-state index is 0.0150. The van der Waals surface area contributed by atoms with E-state index in [4.69, 9.17) is 5.73 Å². The number of primary amides is 1. The first kappa shape index (κ1) is 11.0. The van der Waals surface area contributed by atoms with Crippen molar-refractivity contribution in [3.8, 4) is 0 Å². The highest BCUT2D eigenvalue weighted by molar-refractivity contribution is 5.81. The van der Waals surface area contributed by atoms with E-state index in [1.54, 1.807) is 0 Å². The van der Waals surface area contributed by atoms with Crippen LogP contribution in [-0.4, -0.2) is 5.91 Å². The van der Waals surface area contributed by atoms with Crippen molar-refractivity contribution in [3.63, 3.8) is 0 Å². The maximum atomic E-state index is 11.8. The van der Waals surface area contributed by atoms with Crippen molar-refractivity contribution in [2.24, 2.45) is 23.0 Å². The summed E-state index contributed by atoms with van der Waals surface area (Å²) in [4.78, 5) is 11.8. The van der Waals surface area contributed by atoms with Crippen LogP contribution in [0.4, 0.5) is 0 Å². The van der Waals surface area contributed by atoms with E-state index in [2.05, 4.69) is 6.92 Å². The van der Waals surface area contributed by atoms with E-state index >= 15 is 0 Å². The molecule has 0 heterocycles. The van der Waals surface area contributed by atoms with Crippen molar-refractivity contribution in [2.75, 3.05) is 0 Å². The molecular formula is C13H23NO. The minimum Gasteiger partial charge on any atom is -0.369 e. The predicted molar refractivity (Wildman–Crippen MR) is 61.2 cm³/mol. The van der Waals surface area contributed by atoms with E-state index in [1.165, 1.54) is 32.1 Å². The molecule has 2 unspecified atom stereocenters. The van der Waals surface area contributed by atoms with Gasteiger partial charge in [0.2, 0.25) is 5.91 Å². The predicted octanol–water partition coefficient (Wildman–Crippen LogP) is 2.86. The van der Waals surface area contributed by atoms with Crippen LogP contribution in [0.2, 0.25) is 0 Å². The van der Waals surface area contributed by atoms with Crippen LogP contribution in [0.15, 0.2) is 0 Å². The molecule has 2 fully saturated rings. The van der Waals surface area contributed by atoms with Gasteiger partial charge in [-0.15, -0.1) is 0 Å². The van der Waals surface area contributed by atoms with E-state index in [-0.39, 0.29) is 11.3 Å². The van der Waals surface area contributed by atoms with Gasteiger partial charge in [-0.25, -0.2) is 0 Å². The van der Waals surface area contributed by atoms with Gasteiger partial charge >= 0.3 is 0 Å². The molecule has 86 valence electrons. The van der Waals surface area contributed by atoms with Crippen LogP contribution >= 0.6 is 0 Å². The van der Waals surface area contributed by atoms with Gasteiger partial charge in [-0.3, -0.25) is 4.79 Å². The smallest absolute Gasteiger partial charge is 0.223 e.